The summed E-state index contributed by atoms with van der Waals surface area (Å²) in [5.74, 6) is -0.150. The Kier molecular flexibility index (Phi) is 2.86. The van der Waals surface area contributed by atoms with Crippen molar-refractivity contribution in [2.75, 3.05) is 0 Å². The number of hydrogen-bond donors (Lipinski definition) is 2. The lowest BCUT2D eigenvalue weighted by Gasteiger charge is -2.02. The molecule has 2 heterocycles. The second-order valence-electron chi connectivity index (χ2n) is 4.88. The molecular formula is C16H16N2O2. The maximum absolute atomic E-state index is 12.6. The van der Waals surface area contributed by atoms with E-state index in [4.69, 9.17) is 0 Å². The maximum Gasteiger partial charge on any atom is 0.215 e. The maximum atomic E-state index is 12.6. The van der Waals surface area contributed by atoms with Gasteiger partial charge in [-0.05, 0) is 38.1 Å². The number of H-pyrrole nitrogens is 1. The molecule has 2 aromatic heterocycles. The molecule has 4 nitrogen and oxygen atoms in total. The van der Waals surface area contributed by atoms with Crippen LogP contribution in [0.4, 0.5) is 0 Å². The smallest absolute Gasteiger partial charge is 0.215 e. The lowest BCUT2D eigenvalue weighted by molar-refractivity contribution is 0.103. The van der Waals surface area contributed by atoms with Crippen LogP contribution in [0.2, 0.25) is 0 Å². The molecule has 0 aliphatic heterocycles. The Balaban J connectivity index is 2.32. The molecule has 0 radical (unpaired) electrons. The fourth-order valence-electron chi connectivity index (χ4n) is 2.61. The molecule has 0 unspecified atom stereocenters. The molecule has 2 N–H and O–H groups in total. The van der Waals surface area contributed by atoms with Crippen molar-refractivity contribution in [2.24, 2.45) is 0 Å². The van der Waals surface area contributed by atoms with Crippen molar-refractivity contribution in [3.05, 3.63) is 53.3 Å². The first-order chi connectivity index (χ1) is 9.63. The molecule has 4 heteroatoms. The number of aromatic hydroxyl groups is 1. The van der Waals surface area contributed by atoms with Crippen LogP contribution in [0.5, 0.6) is 5.88 Å². The average molecular weight is 268 g/mol. The van der Waals surface area contributed by atoms with Crippen LogP contribution in [0.15, 0.2) is 36.5 Å². The zero-order valence-corrected chi connectivity index (χ0v) is 11.5. The molecular weight excluding hydrogens is 252 g/mol. The van der Waals surface area contributed by atoms with E-state index in [0.717, 1.165) is 16.5 Å². The number of carbonyl (C=O) groups is 1. The Morgan fingerprint density at radius 2 is 2.15 bits per heavy atom. The normalized spacial score (nSPS) is 11.1. The van der Waals surface area contributed by atoms with Crippen molar-refractivity contribution in [1.29, 1.82) is 0 Å². The van der Waals surface area contributed by atoms with Crippen molar-refractivity contribution in [3.8, 4) is 5.88 Å². The summed E-state index contributed by atoms with van der Waals surface area (Å²) in [6.07, 6.45) is 1.70. The number of aryl methyl sites for hydroxylation is 2. The van der Waals surface area contributed by atoms with Gasteiger partial charge in [0.2, 0.25) is 11.7 Å². The Morgan fingerprint density at radius 3 is 2.80 bits per heavy atom. The van der Waals surface area contributed by atoms with Gasteiger partial charge in [-0.2, -0.15) is 0 Å². The van der Waals surface area contributed by atoms with Crippen LogP contribution in [0, 0.1) is 6.92 Å². The van der Waals surface area contributed by atoms with Gasteiger partial charge in [0.1, 0.15) is 0 Å². The summed E-state index contributed by atoms with van der Waals surface area (Å²) >= 11 is 0. The number of fused-ring (bicyclic) bond motifs is 1. The molecule has 0 saturated heterocycles. The first-order valence-corrected chi connectivity index (χ1v) is 6.63. The van der Waals surface area contributed by atoms with Crippen LogP contribution < -0.4 is 0 Å². The van der Waals surface area contributed by atoms with Crippen molar-refractivity contribution in [2.45, 2.75) is 20.4 Å². The van der Waals surface area contributed by atoms with Gasteiger partial charge in [-0.25, -0.2) is 0 Å². The summed E-state index contributed by atoms with van der Waals surface area (Å²) in [7, 11) is 0. The van der Waals surface area contributed by atoms with Gasteiger partial charge in [-0.1, -0.05) is 11.6 Å². The molecule has 1 aromatic carbocycles. The molecule has 102 valence electrons. The number of carbonyl (C=O) groups excluding carboxylic acids is 1. The van der Waals surface area contributed by atoms with E-state index in [1.807, 2.05) is 32.0 Å². The highest BCUT2D eigenvalue weighted by Crippen LogP contribution is 2.33. The van der Waals surface area contributed by atoms with Gasteiger partial charge in [0.25, 0.3) is 0 Å². The Morgan fingerprint density at radius 1 is 1.35 bits per heavy atom. The lowest BCUT2D eigenvalue weighted by atomic mass is 10.1. The lowest BCUT2D eigenvalue weighted by Crippen LogP contribution is -2.02. The number of aromatic nitrogens is 2. The highest BCUT2D eigenvalue weighted by Gasteiger charge is 2.23. The monoisotopic (exact) mass is 268 g/mol. The average Bonchev–Trinajstić information content (AvgIpc) is 3.03. The Bertz CT molecular complexity index is 783. The number of hydrogen-bond acceptors (Lipinski definition) is 2. The second kappa shape index (κ2) is 4.56. The number of aromatic amines is 1. The predicted molar refractivity (Wildman–Crippen MR) is 78.2 cm³/mol. The van der Waals surface area contributed by atoms with Gasteiger partial charge in [-0.3, -0.25) is 4.79 Å². The van der Waals surface area contributed by atoms with Crippen molar-refractivity contribution in [3.63, 3.8) is 0 Å². The quantitative estimate of drug-likeness (QED) is 0.716. The van der Waals surface area contributed by atoms with Crippen LogP contribution >= 0.6 is 0 Å². The summed E-state index contributed by atoms with van der Waals surface area (Å²) < 4.78 is 1.75. The number of rotatable bonds is 3. The highest BCUT2D eigenvalue weighted by atomic mass is 16.3. The first kappa shape index (κ1) is 12.5. The number of nitrogens with one attached hydrogen (secondary N) is 1. The van der Waals surface area contributed by atoms with Crippen LogP contribution in [0.25, 0.3) is 10.9 Å². The van der Waals surface area contributed by atoms with Crippen LogP contribution in [-0.2, 0) is 6.54 Å². The van der Waals surface area contributed by atoms with E-state index in [0.29, 0.717) is 17.8 Å². The molecule has 0 aliphatic rings. The van der Waals surface area contributed by atoms with Gasteiger partial charge in [0.15, 0.2) is 0 Å². The topological polar surface area (TPSA) is 58.0 Å². The summed E-state index contributed by atoms with van der Waals surface area (Å²) in [6, 6.07) is 9.36. The van der Waals surface area contributed by atoms with Crippen molar-refractivity contribution in [1.82, 2.24) is 9.55 Å². The minimum Gasteiger partial charge on any atom is -0.494 e. The van der Waals surface area contributed by atoms with Gasteiger partial charge < -0.3 is 14.7 Å². The number of benzene rings is 1. The van der Waals surface area contributed by atoms with E-state index in [2.05, 4.69) is 4.98 Å². The summed E-state index contributed by atoms with van der Waals surface area (Å²) in [6.45, 7) is 4.54. The van der Waals surface area contributed by atoms with Crippen molar-refractivity contribution >= 4 is 16.7 Å². The first-order valence-electron chi connectivity index (χ1n) is 6.63. The summed E-state index contributed by atoms with van der Waals surface area (Å²) in [5.41, 5.74) is 2.79. The fourth-order valence-corrected chi connectivity index (χ4v) is 2.61. The minimum atomic E-state index is -0.185. The molecule has 0 aliphatic carbocycles. The van der Waals surface area contributed by atoms with E-state index < -0.39 is 0 Å². The highest BCUT2D eigenvalue weighted by molar-refractivity contribution is 6.17. The molecule has 0 spiro atoms. The van der Waals surface area contributed by atoms with E-state index in [9.17, 15) is 9.90 Å². The molecule has 0 fully saturated rings. The van der Waals surface area contributed by atoms with Crippen molar-refractivity contribution < 1.29 is 9.90 Å². The molecule has 0 bridgehead atoms. The summed E-state index contributed by atoms with van der Waals surface area (Å²) in [4.78, 5) is 15.5. The van der Waals surface area contributed by atoms with Gasteiger partial charge in [0.05, 0.1) is 16.8 Å². The Labute approximate surface area is 116 Å². The second-order valence-corrected chi connectivity index (χ2v) is 4.88. The molecule has 3 aromatic rings. The minimum absolute atomic E-state index is 0.0349. The van der Waals surface area contributed by atoms with E-state index in [-0.39, 0.29) is 11.7 Å². The third-order valence-electron chi connectivity index (χ3n) is 3.58. The standard InChI is InChI=1S/C16H16N2O2/c1-3-18-13-7-6-10(2)9-11(13)14(16(18)20)15(19)12-5-4-8-17-12/h4-9,17,20H,3H2,1-2H3. The zero-order valence-electron chi connectivity index (χ0n) is 11.5. The number of nitrogens with zero attached hydrogens (tertiary/aromatic N) is 1. The molecule has 0 saturated carbocycles. The SMILES string of the molecule is CCn1c(O)c(C(=O)c2ccc[nH]2)c2cc(C)ccc21. The third-order valence-corrected chi connectivity index (χ3v) is 3.58. The van der Waals surface area contributed by atoms with E-state index in [1.165, 1.54) is 0 Å². The van der Waals surface area contributed by atoms with E-state index >= 15 is 0 Å². The molecule has 0 amide bonds. The fraction of sp³-hybridized carbons (Fsp3) is 0.188. The largest absolute Gasteiger partial charge is 0.494 e. The van der Waals surface area contributed by atoms with Crippen LogP contribution in [-0.4, -0.2) is 20.4 Å². The van der Waals surface area contributed by atoms with Gasteiger partial charge in [0, 0.05) is 18.1 Å². The molecule has 3 rings (SSSR count). The van der Waals surface area contributed by atoms with E-state index in [1.54, 1.807) is 22.9 Å². The molecule has 0 atom stereocenters. The third kappa shape index (κ3) is 1.72. The Hall–Kier alpha value is -2.49. The summed E-state index contributed by atoms with van der Waals surface area (Å²) in [5, 5.41) is 11.2. The van der Waals surface area contributed by atoms with Crippen LogP contribution in [0.3, 0.4) is 0 Å². The number of ketones is 1. The zero-order chi connectivity index (χ0) is 14.3. The van der Waals surface area contributed by atoms with Gasteiger partial charge >= 0.3 is 0 Å². The van der Waals surface area contributed by atoms with Crippen LogP contribution in [0.1, 0.15) is 28.5 Å². The van der Waals surface area contributed by atoms with Gasteiger partial charge in [-0.15, -0.1) is 0 Å². The molecule has 20 heavy (non-hydrogen) atoms. The predicted octanol–water partition coefficient (Wildman–Crippen LogP) is 3.23.